The van der Waals surface area contributed by atoms with E-state index >= 15 is 0 Å². The molecule has 178 valence electrons. The van der Waals surface area contributed by atoms with E-state index in [9.17, 15) is 9.18 Å². The summed E-state index contributed by atoms with van der Waals surface area (Å²) in [6.07, 6.45) is 3.86. The van der Waals surface area contributed by atoms with Crippen LogP contribution in [0.1, 0.15) is 19.3 Å². The molecule has 2 aromatic carbocycles. The Balaban J connectivity index is 1.41. The number of amides is 1. The summed E-state index contributed by atoms with van der Waals surface area (Å²) in [5, 5.41) is 6.72. The van der Waals surface area contributed by atoms with Gasteiger partial charge in [0.1, 0.15) is 18.2 Å². The summed E-state index contributed by atoms with van der Waals surface area (Å²) < 4.78 is 26.3. The van der Waals surface area contributed by atoms with Gasteiger partial charge in [-0.2, -0.15) is 0 Å². The number of likely N-dealkylation sites (N-methyl/N-ethyl adjacent to an activating group) is 1. The van der Waals surface area contributed by atoms with E-state index in [0.717, 1.165) is 12.8 Å². The predicted octanol–water partition coefficient (Wildman–Crippen LogP) is 3.90. The van der Waals surface area contributed by atoms with Gasteiger partial charge in [-0.05, 0) is 38.1 Å². The van der Waals surface area contributed by atoms with Crippen molar-refractivity contribution in [3.05, 3.63) is 47.5 Å². The SMILES string of the molecule is COc1cc2ncnc(Nc3cccc(Cl)c3F)c2cc1O[C@@H]1C[C@@H](C(=O)NC2CC2)N(C)C1. The normalized spacial score (nSPS) is 20.4. The molecule has 1 saturated carbocycles. The Kier molecular flexibility index (Phi) is 6.14. The zero-order valence-electron chi connectivity index (χ0n) is 18.8. The average molecular weight is 486 g/mol. The number of likely N-dealkylation sites (tertiary alicyclic amines) is 1. The van der Waals surface area contributed by atoms with Crippen LogP contribution in [0.2, 0.25) is 5.02 Å². The van der Waals surface area contributed by atoms with Crippen LogP contribution in [0.15, 0.2) is 36.7 Å². The molecule has 2 aliphatic rings. The molecular formula is C24H25ClFN5O3. The molecule has 5 rings (SSSR count). The number of hydrogen-bond acceptors (Lipinski definition) is 7. The van der Waals surface area contributed by atoms with Crippen LogP contribution in [0, 0.1) is 5.82 Å². The molecule has 10 heteroatoms. The van der Waals surface area contributed by atoms with Gasteiger partial charge in [0.05, 0.1) is 29.4 Å². The van der Waals surface area contributed by atoms with Crippen LogP contribution in [0.3, 0.4) is 0 Å². The van der Waals surface area contributed by atoms with Gasteiger partial charge >= 0.3 is 0 Å². The standard InChI is InChI=1S/C24H25ClFN5O3/c1-31-11-14(8-19(31)24(32)29-13-6-7-13)34-21-9-15-18(10-20(21)33-2)27-12-28-23(15)30-17-5-3-4-16(25)22(17)26/h3-5,9-10,12-14,19H,6-8,11H2,1-2H3,(H,29,32)(H,27,28,30)/t14-,19+/m1/s1. The number of anilines is 2. The van der Waals surface area contributed by atoms with Crippen molar-refractivity contribution in [1.82, 2.24) is 20.2 Å². The second-order valence-corrected chi connectivity index (χ2v) is 9.09. The average Bonchev–Trinajstić information content (AvgIpc) is 3.56. The number of carbonyl (C=O) groups is 1. The van der Waals surface area contributed by atoms with E-state index in [1.54, 1.807) is 31.4 Å². The number of ether oxygens (including phenoxy) is 2. The molecular weight excluding hydrogens is 461 g/mol. The van der Waals surface area contributed by atoms with Gasteiger partial charge in [-0.3, -0.25) is 9.69 Å². The second kappa shape index (κ2) is 9.23. The van der Waals surface area contributed by atoms with Crippen LogP contribution in [0.5, 0.6) is 11.5 Å². The van der Waals surface area contributed by atoms with Crippen LogP contribution in [0.4, 0.5) is 15.9 Å². The lowest BCUT2D eigenvalue weighted by molar-refractivity contribution is -0.125. The maximum absolute atomic E-state index is 14.5. The van der Waals surface area contributed by atoms with Crippen molar-refractivity contribution in [1.29, 1.82) is 0 Å². The van der Waals surface area contributed by atoms with Gasteiger partial charge in [-0.25, -0.2) is 14.4 Å². The maximum Gasteiger partial charge on any atom is 0.237 e. The number of benzene rings is 2. The van der Waals surface area contributed by atoms with E-state index in [0.29, 0.717) is 47.2 Å². The second-order valence-electron chi connectivity index (χ2n) is 8.68. The molecule has 2 atom stereocenters. The van der Waals surface area contributed by atoms with Gasteiger partial charge in [-0.1, -0.05) is 17.7 Å². The Morgan fingerprint density at radius 2 is 2.06 bits per heavy atom. The molecule has 1 saturated heterocycles. The highest BCUT2D eigenvalue weighted by Crippen LogP contribution is 2.37. The highest BCUT2D eigenvalue weighted by Gasteiger charge is 2.38. The number of fused-ring (bicyclic) bond motifs is 1. The van der Waals surface area contributed by atoms with Crippen LogP contribution in [-0.4, -0.2) is 59.7 Å². The van der Waals surface area contributed by atoms with E-state index in [2.05, 4.69) is 20.6 Å². The van der Waals surface area contributed by atoms with Gasteiger partial charge in [0.2, 0.25) is 5.91 Å². The predicted molar refractivity (Wildman–Crippen MR) is 127 cm³/mol. The first-order valence-corrected chi connectivity index (χ1v) is 11.5. The third-order valence-electron chi connectivity index (χ3n) is 6.16. The number of carbonyl (C=O) groups excluding carboxylic acids is 1. The highest BCUT2D eigenvalue weighted by atomic mass is 35.5. The first kappa shape index (κ1) is 22.6. The van der Waals surface area contributed by atoms with E-state index in [1.807, 2.05) is 11.9 Å². The molecule has 0 unspecified atom stereocenters. The lowest BCUT2D eigenvalue weighted by Gasteiger charge is -2.17. The van der Waals surface area contributed by atoms with E-state index < -0.39 is 5.82 Å². The Morgan fingerprint density at radius 3 is 2.82 bits per heavy atom. The monoisotopic (exact) mass is 485 g/mol. The topological polar surface area (TPSA) is 88.6 Å². The van der Waals surface area contributed by atoms with Gasteiger partial charge in [-0.15, -0.1) is 0 Å². The number of nitrogens with zero attached hydrogens (tertiary/aromatic N) is 3. The lowest BCUT2D eigenvalue weighted by atomic mass is 10.1. The highest BCUT2D eigenvalue weighted by molar-refractivity contribution is 6.31. The Morgan fingerprint density at radius 1 is 1.24 bits per heavy atom. The van der Waals surface area contributed by atoms with Crippen LogP contribution >= 0.6 is 11.6 Å². The molecule has 2 fully saturated rings. The summed E-state index contributed by atoms with van der Waals surface area (Å²) in [5.41, 5.74) is 0.807. The summed E-state index contributed by atoms with van der Waals surface area (Å²) in [6.45, 7) is 0.605. The minimum atomic E-state index is -0.564. The lowest BCUT2D eigenvalue weighted by Crippen LogP contribution is -2.42. The Bertz CT molecular complexity index is 1240. The number of rotatable bonds is 7. The summed E-state index contributed by atoms with van der Waals surface area (Å²) in [6, 6.07) is 8.32. The van der Waals surface area contributed by atoms with Crippen molar-refractivity contribution < 1.29 is 18.7 Å². The molecule has 3 aromatic rings. The minimum absolute atomic E-state index is 0.0136. The van der Waals surface area contributed by atoms with Crippen LogP contribution in [0.25, 0.3) is 10.9 Å². The first-order valence-electron chi connectivity index (χ1n) is 11.1. The van der Waals surface area contributed by atoms with E-state index in [-0.39, 0.29) is 28.8 Å². The smallest absolute Gasteiger partial charge is 0.237 e. The molecule has 2 heterocycles. The molecule has 1 aromatic heterocycles. The fourth-order valence-corrected chi connectivity index (χ4v) is 4.37. The molecule has 1 aliphatic carbocycles. The van der Waals surface area contributed by atoms with Crippen molar-refractivity contribution in [2.75, 3.05) is 26.0 Å². The summed E-state index contributed by atoms with van der Waals surface area (Å²) in [4.78, 5) is 23.2. The minimum Gasteiger partial charge on any atom is -0.493 e. The van der Waals surface area contributed by atoms with Gasteiger partial charge in [0.25, 0.3) is 0 Å². The third-order valence-corrected chi connectivity index (χ3v) is 6.45. The fourth-order valence-electron chi connectivity index (χ4n) is 4.19. The van der Waals surface area contributed by atoms with Gasteiger partial charge in [0, 0.05) is 30.5 Å². The molecule has 0 radical (unpaired) electrons. The fraction of sp³-hybridized carbons (Fsp3) is 0.375. The molecule has 1 amide bonds. The summed E-state index contributed by atoms with van der Waals surface area (Å²) >= 11 is 5.92. The molecule has 8 nitrogen and oxygen atoms in total. The first-order chi connectivity index (χ1) is 16.4. The van der Waals surface area contributed by atoms with Crippen molar-refractivity contribution >= 4 is 39.9 Å². The van der Waals surface area contributed by atoms with E-state index in [1.165, 1.54) is 12.4 Å². The number of hydrogen-bond donors (Lipinski definition) is 2. The summed E-state index contributed by atoms with van der Waals surface area (Å²) in [5.74, 6) is 0.903. The zero-order chi connectivity index (χ0) is 23.8. The number of aromatic nitrogens is 2. The molecule has 2 N–H and O–H groups in total. The largest absolute Gasteiger partial charge is 0.493 e. The maximum atomic E-state index is 14.5. The van der Waals surface area contributed by atoms with Crippen LogP contribution in [-0.2, 0) is 4.79 Å². The van der Waals surface area contributed by atoms with Crippen molar-refractivity contribution in [2.24, 2.45) is 0 Å². The zero-order valence-corrected chi connectivity index (χ0v) is 19.6. The Hall–Kier alpha value is -3.17. The van der Waals surface area contributed by atoms with Crippen molar-refractivity contribution in [2.45, 2.75) is 37.5 Å². The molecule has 1 aliphatic heterocycles. The summed E-state index contributed by atoms with van der Waals surface area (Å²) in [7, 11) is 3.48. The van der Waals surface area contributed by atoms with Gasteiger partial charge < -0.3 is 20.1 Å². The number of halogens is 2. The molecule has 34 heavy (non-hydrogen) atoms. The quantitative estimate of drug-likeness (QED) is 0.524. The number of methoxy groups -OCH3 is 1. The van der Waals surface area contributed by atoms with Crippen molar-refractivity contribution in [3.8, 4) is 11.5 Å². The Labute approximate surface area is 201 Å². The van der Waals surface area contributed by atoms with E-state index in [4.69, 9.17) is 21.1 Å². The van der Waals surface area contributed by atoms with Gasteiger partial charge in [0.15, 0.2) is 17.3 Å². The van der Waals surface area contributed by atoms with Crippen molar-refractivity contribution in [3.63, 3.8) is 0 Å². The van der Waals surface area contributed by atoms with Crippen LogP contribution < -0.4 is 20.1 Å². The molecule has 0 bridgehead atoms. The molecule has 0 spiro atoms. The third kappa shape index (κ3) is 4.58. The number of nitrogens with one attached hydrogen (secondary N) is 2.